The average Bonchev–Trinajstić information content (AvgIpc) is 3.21. The second-order valence-electron chi connectivity index (χ2n) is 4.38. The monoisotopic (exact) mass is 241 g/mol. The Hall–Kier alpha value is -2.08. The van der Waals surface area contributed by atoms with E-state index in [9.17, 15) is 9.59 Å². The van der Waals surface area contributed by atoms with Gasteiger partial charge in [-0.05, 0) is 24.3 Å². The molecule has 1 fully saturated rings. The molecule has 1 aliphatic rings. The lowest BCUT2D eigenvalue weighted by Crippen LogP contribution is -2.31. The zero-order valence-electron chi connectivity index (χ0n) is 10.1. The molecule has 1 aromatic carbocycles. The van der Waals surface area contributed by atoms with Crippen molar-refractivity contribution in [1.29, 1.82) is 0 Å². The van der Waals surface area contributed by atoms with Gasteiger partial charge in [0.2, 0.25) is 0 Å². The Bertz CT molecular complexity index is 480. The molecule has 0 atom stereocenters. The van der Waals surface area contributed by atoms with E-state index in [0.717, 1.165) is 24.7 Å². The van der Waals surface area contributed by atoms with E-state index in [-0.39, 0.29) is 12.5 Å². The molecule has 1 aromatic rings. The molecule has 0 N–H and O–H groups in total. The Balaban J connectivity index is 2.01. The first-order valence-electron chi connectivity index (χ1n) is 6.07. The molecule has 92 valence electrons. The van der Waals surface area contributed by atoms with Crippen molar-refractivity contribution in [1.82, 2.24) is 4.90 Å². The van der Waals surface area contributed by atoms with Crippen LogP contribution in [-0.2, 0) is 16.1 Å². The van der Waals surface area contributed by atoms with Crippen LogP contribution in [0.15, 0.2) is 30.3 Å². The molecule has 0 spiro atoms. The fourth-order valence-electron chi connectivity index (χ4n) is 1.58. The highest BCUT2D eigenvalue weighted by molar-refractivity contribution is 5.94. The molecule has 0 unspecified atom stereocenters. The van der Waals surface area contributed by atoms with E-state index >= 15 is 0 Å². The van der Waals surface area contributed by atoms with Crippen molar-refractivity contribution in [3.05, 3.63) is 35.9 Å². The summed E-state index contributed by atoms with van der Waals surface area (Å²) in [5.74, 6) is 5.68. The molecule has 0 heterocycles. The second-order valence-corrected chi connectivity index (χ2v) is 4.38. The van der Waals surface area contributed by atoms with Gasteiger partial charge >= 0.3 is 0 Å². The van der Waals surface area contributed by atoms with Crippen LogP contribution in [0.4, 0.5) is 0 Å². The van der Waals surface area contributed by atoms with Gasteiger partial charge in [0.25, 0.3) is 5.91 Å². The third-order valence-electron chi connectivity index (χ3n) is 2.76. The Morgan fingerprint density at radius 3 is 2.67 bits per heavy atom. The summed E-state index contributed by atoms with van der Waals surface area (Å²) in [7, 11) is 0. The zero-order valence-corrected chi connectivity index (χ0v) is 10.1. The lowest BCUT2D eigenvalue weighted by molar-refractivity contribution is -0.128. The molecule has 3 heteroatoms. The van der Waals surface area contributed by atoms with E-state index in [2.05, 4.69) is 11.8 Å². The standard InChI is InChI=1S/C15H15NO2/c17-11-10-16(12-14-4-2-1-3-5-14)15(18)9-8-13-6-7-13/h1-5,11,13H,6-7,10,12H2. The SMILES string of the molecule is O=CCN(Cc1ccccc1)C(=O)C#CC1CC1. The first kappa shape index (κ1) is 12.4. The van der Waals surface area contributed by atoms with Crippen LogP contribution in [0.3, 0.4) is 0 Å². The van der Waals surface area contributed by atoms with Gasteiger partial charge in [-0.15, -0.1) is 0 Å². The number of hydrogen-bond acceptors (Lipinski definition) is 2. The number of hydrogen-bond donors (Lipinski definition) is 0. The van der Waals surface area contributed by atoms with Crippen LogP contribution in [0.25, 0.3) is 0 Å². The maximum Gasteiger partial charge on any atom is 0.299 e. The molecule has 0 radical (unpaired) electrons. The van der Waals surface area contributed by atoms with Gasteiger partial charge in [-0.25, -0.2) is 0 Å². The van der Waals surface area contributed by atoms with E-state index < -0.39 is 0 Å². The molecule has 1 saturated carbocycles. The van der Waals surface area contributed by atoms with E-state index in [1.165, 1.54) is 4.90 Å². The van der Waals surface area contributed by atoms with Gasteiger partial charge in [0.1, 0.15) is 6.29 Å². The Kier molecular flexibility index (Phi) is 4.14. The van der Waals surface area contributed by atoms with E-state index in [4.69, 9.17) is 0 Å². The average molecular weight is 241 g/mol. The van der Waals surface area contributed by atoms with Crippen LogP contribution in [0.1, 0.15) is 18.4 Å². The molecule has 1 amide bonds. The van der Waals surface area contributed by atoms with Gasteiger partial charge in [0.05, 0.1) is 6.54 Å². The fourth-order valence-corrected chi connectivity index (χ4v) is 1.58. The summed E-state index contributed by atoms with van der Waals surface area (Å²) in [6, 6.07) is 9.60. The van der Waals surface area contributed by atoms with Crippen LogP contribution < -0.4 is 0 Å². The van der Waals surface area contributed by atoms with Crippen LogP contribution in [0.5, 0.6) is 0 Å². The van der Waals surface area contributed by atoms with Crippen LogP contribution in [-0.4, -0.2) is 23.6 Å². The Morgan fingerprint density at radius 1 is 1.33 bits per heavy atom. The highest BCUT2D eigenvalue weighted by atomic mass is 16.2. The van der Waals surface area contributed by atoms with Gasteiger partial charge in [0, 0.05) is 12.5 Å². The van der Waals surface area contributed by atoms with E-state index in [1.807, 2.05) is 30.3 Å². The number of nitrogens with zero attached hydrogens (tertiary/aromatic N) is 1. The topological polar surface area (TPSA) is 37.4 Å². The highest BCUT2D eigenvalue weighted by Crippen LogP contribution is 2.27. The number of aldehydes is 1. The van der Waals surface area contributed by atoms with E-state index in [0.29, 0.717) is 12.5 Å². The molecule has 2 rings (SSSR count). The minimum Gasteiger partial charge on any atom is -0.321 e. The largest absolute Gasteiger partial charge is 0.321 e. The maximum atomic E-state index is 11.9. The smallest absolute Gasteiger partial charge is 0.299 e. The number of rotatable bonds is 4. The van der Waals surface area contributed by atoms with E-state index in [1.54, 1.807) is 0 Å². The van der Waals surface area contributed by atoms with Gasteiger partial charge in [-0.2, -0.15) is 0 Å². The van der Waals surface area contributed by atoms with Crippen LogP contribution in [0, 0.1) is 17.8 Å². The predicted octanol–water partition coefficient (Wildman–Crippen LogP) is 1.63. The summed E-state index contributed by atoms with van der Waals surface area (Å²) < 4.78 is 0. The summed E-state index contributed by atoms with van der Waals surface area (Å²) >= 11 is 0. The van der Waals surface area contributed by atoms with Gasteiger partial charge < -0.3 is 9.69 Å². The zero-order chi connectivity index (χ0) is 12.8. The molecular weight excluding hydrogens is 226 g/mol. The first-order chi connectivity index (χ1) is 8.79. The van der Waals surface area contributed by atoms with Crippen LogP contribution >= 0.6 is 0 Å². The van der Waals surface area contributed by atoms with Crippen molar-refractivity contribution in [2.75, 3.05) is 6.54 Å². The molecular formula is C15H15NO2. The quantitative estimate of drug-likeness (QED) is 0.593. The van der Waals surface area contributed by atoms with Gasteiger partial charge in [-0.3, -0.25) is 4.79 Å². The molecule has 0 saturated heterocycles. The van der Waals surface area contributed by atoms with Crippen molar-refractivity contribution in [2.45, 2.75) is 19.4 Å². The second kappa shape index (κ2) is 6.02. The summed E-state index contributed by atoms with van der Waals surface area (Å²) in [6.45, 7) is 0.519. The predicted molar refractivity (Wildman–Crippen MR) is 68.4 cm³/mol. The van der Waals surface area contributed by atoms with Gasteiger partial charge in [0.15, 0.2) is 0 Å². The number of carbonyl (C=O) groups excluding carboxylic acids is 2. The first-order valence-corrected chi connectivity index (χ1v) is 6.07. The van der Waals surface area contributed by atoms with Crippen LogP contribution in [0.2, 0.25) is 0 Å². The Labute approximate surface area is 107 Å². The minimum atomic E-state index is -0.266. The molecule has 0 bridgehead atoms. The van der Waals surface area contributed by atoms with Crippen molar-refractivity contribution in [3.8, 4) is 11.8 Å². The van der Waals surface area contributed by atoms with Gasteiger partial charge in [-0.1, -0.05) is 36.3 Å². The van der Waals surface area contributed by atoms with Crippen molar-refractivity contribution >= 4 is 12.2 Å². The van der Waals surface area contributed by atoms with Crippen molar-refractivity contribution in [2.24, 2.45) is 5.92 Å². The summed E-state index contributed by atoms with van der Waals surface area (Å²) in [4.78, 5) is 24.0. The third-order valence-corrected chi connectivity index (χ3v) is 2.76. The lowest BCUT2D eigenvalue weighted by atomic mass is 10.2. The number of amides is 1. The molecule has 3 nitrogen and oxygen atoms in total. The molecule has 1 aliphatic carbocycles. The number of carbonyl (C=O) groups is 2. The normalized spacial score (nSPS) is 13.3. The van der Waals surface area contributed by atoms with Crippen molar-refractivity contribution < 1.29 is 9.59 Å². The highest BCUT2D eigenvalue weighted by Gasteiger charge is 2.19. The third kappa shape index (κ3) is 3.74. The minimum absolute atomic E-state index is 0.0904. The maximum absolute atomic E-state index is 11.9. The Morgan fingerprint density at radius 2 is 2.06 bits per heavy atom. The summed E-state index contributed by atoms with van der Waals surface area (Å²) in [6.07, 6.45) is 2.92. The number of benzene rings is 1. The fraction of sp³-hybridized carbons (Fsp3) is 0.333. The summed E-state index contributed by atoms with van der Waals surface area (Å²) in [5, 5.41) is 0. The van der Waals surface area contributed by atoms with Crippen molar-refractivity contribution in [3.63, 3.8) is 0 Å². The molecule has 0 aromatic heterocycles. The lowest BCUT2D eigenvalue weighted by Gasteiger charge is -2.17. The molecule has 0 aliphatic heterocycles. The summed E-state index contributed by atoms with van der Waals surface area (Å²) in [5.41, 5.74) is 1.00. The molecule has 18 heavy (non-hydrogen) atoms.